The molecule has 222 valence electrons. The van der Waals surface area contributed by atoms with Crippen LogP contribution in [0.3, 0.4) is 0 Å². The number of anilines is 2. The second-order valence-corrected chi connectivity index (χ2v) is 11.3. The molecule has 3 N–H and O–H groups in total. The third-order valence-corrected chi connectivity index (χ3v) is 8.41. The average Bonchev–Trinajstić information content (AvgIpc) is 3.38. The molecule has 4 heterocycles. The summed E-state index contributed by atoms with van der Waals surface area (Å²) in [5.41, 5.74) is 9.38. The summed E-state index contributed by atoms with van der Waals surface area (Å²) in [6.45, 7) is 3.56. The number of rotatable bonds is 8. The summed E-state index contributed by atoms with van der Waals surface area (Å²) >= 11 is 0. The summed E-state index contributed by atoms with van der Waals surface area (Å²) in [6.07, 6.45) is 8.47. The molecule has 9 nitrogen and oxygen atoms in total. The van der Waals surface area contributed by atoms with Gasteiger partial charge in [-0.1, -0.05) is 6.92 Å². The molecule has 6 rings (SSSR count). The Kier molecular flexibility index (Phi) is 8.43. The van der Waals surface area contributed by atoms with E-state index in [1.54, 1.807) is 42.3 Å². The number of imidazole rings is 1. The van der Waals surface area contributed by atoms with E-state index in [0.29, 0.717) is 36.2 Å². The van der Waals surface area contributed by atoms with Gasteiger partial charge in [-0.15, -0.1) is 0 Å². The Labute approximate surface area is 243 Å². The monoisotopic (exact) mass is 578 g/mol. The molecule has 42 heavy (non-hydrogen) atoms. The maximum absolute atomic E-state index is 15.3. The van der Waals surface area contributed by atoms with Crippen molar-refractivity contribution in [2.24, 2.45) is 11.7 Å². The molecule has 0 spiro atoms. The molecule has 1 saturated carbocycles. The minimum absolute atomic E-state index is 0.0210. The van der Waals surface area contributed by atoms with Crippen molar-refractivity contribution < 1.29 is 23.0 Å². The number of hydrogen-bond acceptors (Lipinski definition) is 8. The highest BCUT2D eigenvalue weighted by Crippen LogP contribution is 2.40. The Morgan fingerprint density at radius 3 is 2.62 bits per heavy atom. The first-order valence-corrected chi connectivity index (χ1v) is 14.4. The van der Waals surface area contributed by atoms with Crippen molar-refractivity contribution in [1.82, 2.24) is 19.6 Å². The van der Waals surface area contributed by atoms with Gasteiger partial charge in [-0.3, -0.25) is 4.98 Å². The van der Waals surface area contributed by atoms with E-state index >= 15 is 8.78 Å². The Morgan fingerprint density at radius 1 is 1.10 bits per heavy atom. The van der Waals surface area contributed by atoms with Crippen LogP contribution < -0.4 is 11.1 Å². The third kappa shape index (κ3) is 5.87. The van der Waals surface area contributed by atoms with Crippen molar-refractivity contribution in [2.45, 2.75) is 63.4 Å². The number of fused-ring (bicyclic) bond motifs is 1. The lowest BCUT2D eigenvalue weighted by Crippen LogP contribution is -2.45. The van der Waals surface area contributed by atoms with Crippen molar-refractivity contribution in [3.8, 4) is 11.3 Å². The molecule has 4 aromatic rings. The van der Waals surface area contributed by atoms with Crippen LogP contribution in [0.1, 0.15) is 49.7 Å². The van der Waals surface area contributed by atoms with Crippen molar-refractivity contribution in [3.05, 3.63) is 71.7 Å². The Balaban J connectivity index is 1.25. The normalized spacial score (nSPS) is 23.4. The van der Waals surface area contributed by atoms with Crippen LogP contribution in [0.4, 0.5) is 20.4 Å². The fraction of sp³-hybridized carbons (Fsp3) is 0.452. The second kappa shape index (κ2) is 12.4. The van der Waals surface area contributed by atoms with Crippen molar-refractivity contribution in [1.29, 1.82) is 0 Å². The largest absolute Gasteiger partial charge is 0.381 e. The zero-order chi connectivity index (χ0) is 29.2. The highest BCUT2D eigenvalue weighted by atomic mass is 19.1. The number of methoxy groups -OCH3 is 1. The van der Waals surface area contributed by atoms with E-state index in [0.717, 1.165) is 36.9 Å². The highest BCUT2D eigenvalue weighted by molar-refractivity contribution is 5.66. The predicted molar refractivity (Wildman–Crippen MR) is 154 cm³/mol. The molecule has 2 aliphatic rings. The topological polar surface area (TPSA) is 109 Å². The van der Waals surface area contributed by atoms with Crippen LogP contribution in [0.15, 0.2) is 48.9 Å². The van der Waals surface area contributed by atoms with Crippen LogP contribution in [-0.2, 0) is 20.8 Å². The molecule has 2 fully saturated rings. The van der Waals surface area contributed by atoms with Gasteiger partial charge in [0.15, 0.2) is 0 Å². The fourth-order valence-corrected chi connectivity index (χ4v) is 6.32. The van der Waals surface area contributed by atoms with Crippen LogP contribution in [-0.4, -0.2) is 58.2 Å². The highest BCUT2D eigenvalue weighted by Gasteiger charge is 2.35. The Hall–Kier alpha value is -3.51. The van der Waals surface area contributed by atoms with Gasteiger partial charge >= 0.3 is 0 Å². The molecular formula is C31H36F2N6O3. The summed E-state index contributed by atoms with van der Waals surface area (Å²) in [6, 6.07) is 7.86. The fourth-order valence-electron chi connectivity index (χ4n) is 6.32. The maximum Gasteiger partial charge on any atom is 0.229 e. The Bertz CT molecular complexity index is 1510. The van der Waals surface area contributed by atoms with Gasteiger partial charge in [-0.05, 0) is 79.0 Å². The Morgan fingerprint density at radius 2 is 1.88 bits per heavy atom. The van der Waals surface area contributed by atoms with Crippen LogP contribution in [0.5, 0.6) is 0 Å². The van der Waals surface area contributed by atoms with Crippen LogP contribution in [0, 0.1) is 17.6 Å². The van der Waals surface area contributed by atoms with Gasteiger partial charge in [-0.25, -0.2) is 13.8 Å². The van der Waals surface area contributed by atoms with Crippen molar-refractivity contribution in [3.63, 3.8) is 0 Å². The molecular weight excluding hydrogens is 542 g/mol. The molecule has 0 radical (unpaired) electrons. The van der Waals surface area contributed by atoms with Crippen LogP contribution in [0.2, 0.25) is 0 Å². The van der Waals surface area contributed by atoms with E-state index in [1.165, 1.54) is 12.1 Å². The SMILES string of the molecule is COC1C(C)CC(c2ccncc2Nc2ncc3ccc(-c4c(F)cc(COC5CCOCC5)cc4F)nn23)CC1N. The number of benzene rings is 1. The first kappa shape index (κ1) is 28.6. The third-order valence-electron chi connectivity index (χ3n) is 8.41. The summed E-state index contributed by atoms with van der Waals surface area (Å²) < 4.78 is 48.9. The standard InChI is InChI=1S/C31H36F2N6O3/c1-18-11-20(14-26(34)30(18)40-2)23-5-8-35-16-28(23)37-31-36-15-21-3-4-27(38-39(21)31)29-24(32)12-19(13-25(29)33)17-42-22-6-9-41-10-7-22/h3-5,8,12-13,15-16,18,20,22,26,30H,6-7,9-11,14,17,34H2,1-2H3,(H,36,37). The van der Waals surface area contributed by atoms with E-state index in [9.17, 15) is 0 Å². The molecule has 1 saturated heterocycles. The quantitative estimate of drug-likeness (QED) is 0.288. The molecule has 1 aromatic carbocycles. The van der Waals surface area contributed by atoms with Gasteiger partial charge in [0.2, 0.25) is 5.95 Å². The van der Waals surface area contributed by atoms with Crippen LogP contribution in [0.25, 0.3) is 16.8 Å². The summed E-state index contributed by atoms with van der Waals surface area (Å²) in [5.74, 6) is -0.488. The zero-order valence-corrected chi connectivity index (χ0v) is 23.8. The molecule has 0 amide bonds. The second-order valence-electron chi connectivity index (χ2n) is 11.3. The number of halogens is 2. The molecule has 0 bridgehead atoms. The first-order valence-electron chi connectivity index (χ1n) is 14.4. The lowest BCUT2D eigenvalue weighted by molar-refractivity contribution is -0.0391. The molecule has 4 atom stereocenters. The van der Waals surface area contributed by atoms with Gasteiger partial charge in [0.1, 0.15) is 11.6 Å². The number of nitrogens with zero attached hydrogens (tertiary/aromatic N) is 4. The number of ether oxygens (including phenoxy) is 3. The number of nitrogens with one attached hydrogen (secondary N) is 1. The van der Waals surface area contributed by atoms with Gasteiger partial charge in [0, 0.05) is 32.6 Å². The molecule has 4 unspecified atom stereocenters. The van der Waals surface area contributed by atoms with Crippen molar-refractivity contribution >= 4 is 17.2 Å². The van der Waals surface area contributed by atoms with Crippen LogP contribution >= 0.6 is 0 Å². The smallest absolute Gasteiger partial charge is 0.229 e. The molecule has 1 aliphatic carbocycles. The summed E-state index contributed by atoms with van der Waals surface area (Å²) in [4.78, 5) is 8.82. The number of hydrogen-bond donors (Lipinski definition) is 2. The first-order chi connectivity index (χ1) is 20.4. The molecule has 3 aromatic heterocycles. The van der Waals surface area contributed by atoms with Gasteiger partial charge in [0.25, 0.3) is 0 Å². The summed E-state index contributed by atoms with van der Waals surface area (Å²) in [7, 11) is 1.71. The lowest BCUT2D eigenvalue weighted by atomic mass is 9.74. The molecule has 11 heteroatoms. The van der Waals surface area contributed by atoms with E-state index in [-0.39, 0.29) is 42.0 Å². The zero-order valence-electron chi connectivity index (χ0n) is 23.8. The van der Waals surface area contributed by atoms with E-state index in [2.05, 4.69) is 27.3 Å². The van der Waals surface area contributed by atoms with Gasteiger partial charge in [-0.2, -0.15) is 9.61 Å². The number of aromatic nitrogens is 4. The van der Waals surface area contributed by atoms with E-state index < -0.39 is 11.6 Å². The predicted octanol–water partition coefficient (Wildman–Crippen LogP) is 5.36. The number of nitrogens with two attached hydrogens (primary N) is 1. The lowest BCUT2D eigenvalue weighted by Gasteiger charge is -2.38. The van der Waals surface area contributed by atoms with E-state index in [4.69, 9.17) is 19.9 Å². The minimum atomic E-state index is -0.700. The number of pyridine rings is 1. The van der Waals surface area contributed by atoms with Gasteiger partial charge in [0.05, 0.1) is 53.7 Å². The van der Waals surface area contributed by atoms with Crippen molar-refractivity contribution in [2.75, 3.05) is 25.6 Å². The summed E-state index contributed by atoms with van der Waals surface area (Å²) in [5, 5.41) is 7.92. The average molecular weight is 579 g/mol. The maximum atomic E-state index is 15.3. The van der Waals surface area contributed by atoms with Gasteiger partial charge < -0.3 is 25.3 Å². The minimum Gasteiger partial charge on any atom is -0.381 e. The molecule has 1 aliphatic heterocycles. The van der Waals surface area contributed by atoms with E-state index in [1.807, 2.05) is 6.07 Å².